The van der Waals surface area contributed by atoms with Gasteiger partial charge in [-0.15, -0.1) is 0 Å². The summed E-state index contributed by atoms with van der Waals surface area (Å²) in [5.74, 6) is -0.0786. The van der Waals surface area contributed by atoms with Crippen molar-refractivity contribution in [3.05, 3.63) is 59.2 Å². The van der Waals surface area contributed by atoms with E-state index in [2.05, 4.69) is 20.7 Å². The van der Waals surface area contributed by atoms with Crippen LogP contribution in [0.4, 0.5) is 10.5 Å². The van der Waals surface area contributed by atoms with E-state index >= 15 is 0 Å². The number of rotatable bonds is 9. The Hall–Kier alpha value is -3.11. The number of methoxy groups -OCH3 is 1. The Labute approximate surface area is 176 Å². The molecule has 0 aliphatic carbocycles. The van der Waals surface area contributed by atoms with Crippen molar-refractivity contribution in [1.82, 2.24) is 15.4 Å². The molecular formula is C20H26N4O5S. The first-order valence-electron chi connectivity index (χ1n) is 9.18. The largest absolute Gasteiger partial charge is 0.495 e. The summed E-state index contributed by atoms with van der Waals surface area (Å²) in [6.07, 6.45) is 0. The molecule has 0 radical (unpaired) electrons. The van der Waals surface area contributed by atoms with Crippen molar-refractivity contribution < 1.29 is 22.7 Å². The van der Waals surface area contributed by atoms with Crippen LogP contribution in [-0.4, -0.2) is 41.1 Å². The predicted molar refractivity (Wildman–Crippen MR) is 115 cm³/mol. The molecule has 0 atom stereocenters. The molecule has 3 amide bonds. The number of amides is 3. The van der Waals surface area contributed by atoms with Crippen LogP contribution in [0.1, 0.15) is 16.7 Å². The molecule has 0 heterocycles. The molecule has 30 heavy (non-hydrogen) atoms. The fourth-order valence-electron chi connectivity index (χ4n) is 2.66. The fourth-order valence-corrected chi connectivity index (χ4v) is 3.50. The first-order chi connectivity index (χ1) is 14.2. The molecule has 0 saturated heterocycles. The Morgan fingerprint density at radius 2 is 1.73 bits per heavy atom. The summed E-state index contributed by atoms with van der Waals surface area (Å²) < 4.78 is 31.0. The van der Waals surface area contributed by atoms with Crippen LogP contribution in [0.25, 0.3) is 0 Å². The standard InChI is InChI=1S/C20H26N4O5S/c1-14-8-9-18(29-3)17(10-14)24-19(25)12-23-20(26)22-11-15-6-4-5-7-16(15)13-30(27,28)21-2/h4-10,21H,11-13H2,1-3H3,(H,24,25)(H2,22,23,26). The van der Waals surface area contributed by atoms with Gasteiger partial charge in [0.1, 0.15) is 5.75 Å². The van der Waals surface area contributed by atoms with Gasteiger partial charge in [0.2, 0.25) is 15.9 Å². The molecule has 0 bridgehead atoms. The van der Waals surface area contributed by atoms with Gasteiger partial charge < -0.3 is 20.7 Å². The summed E-state index contributed by atoms with van der Waals surface area (Å²) in [4.78, 5) is 24.2. The summed E-state index contributed by atoms with van der Waals surface area (Å²) in [7, 11) is -0.581. The lowest BCUT2D eigenvalue weighted by molar-refractivity contribution is -0.115. The quantitative estimate of drug-likeness (QED) is 0.476. The number of ether oxygens (including phenoxy) is 1. The average Bonchev–Trinajstić information content (AvgIpc) is 2.71. The van der Waals surface area contributed by atoms with Gasteiger partial charge in [0, 0.05) is 6.54 Å². The first-order valence-corrected chi connectivity index (χ1v) is 10.8. The lowest BCUT2D eigenvalue weighted by atomic mass is 10.1. The normalized spacial score (nSPS) is 10.9. The molecule has 2 aromatic rings. The maximum absolute atomic E-state index is 12.1. The second-order valence-electron chi connectivity index (χ2n) is 6.52. The number of hydrogen-bond donors (Lipinski definition) is 4. The van der Waals surface area contributed by atoms with Crippen LogP contribution in [0.3, 0.4) is 0 Å². The molecule has 0 saturated carbocycles. The molecule has 9 nitrogen and oxygen atoms in total. The second-order valence-corrected chi connectivity index (χ2v) is 8.45. The third kappa shape index (κ3) is 7.05. The molecule has 0 aliphatic rings. The maximum atomic E-state index is 12.1. The van der Waals surface area contributed by atoms with Gasteiger partial charge in [0.15, 0.2) is 0 Å². The molecule has 162 valence electrons. The number of aryl methyl sites for hydroxylation is 1. The lowest BCUT2D eigenvalue weighted by Gasteiger charge is -2.13. The van der Waals surface area contributed by atoms with Crippen LogP contribution < -0.4 is 25.4 Å². The Bertz CT molecular complexity index is 1010. The molecule has 0 unspecified atom stereocenters. The van der Waals surface area contributed by atoms with Gasteiger partial charge in [-0.3, -0.25) is 4.79 Å². The molecule has 0 fully saturated rings. The van der Waals surface area contributed by atoms with Gasteiger partial charge in [-0.05, 0) is 42.8 Å². The van der Waals surface area contributed by atoms with Crippen molar-refractivity contribution in [2.24, 2.45) is 0 Å². The van der Waals surface area contributed by atoms with Crippen molar-refractivity contribution in [2.75, 3.05) is 26.0 Å². The third-order valence-electron chi connectivity index (χ3n) is 4.25. The van der Waals surface area contributed by atoms with E-state index < -0.39 is 22.0 Å². The van der Waals surface area contributed by atoms with Crippen LogP contribution in [0.2, 0.25) is 0 Å². The maximum Gasteiger partial charge on any atom is 0.315 e. The summed E-state index contributed by atoms with van der Waals surface area (Å²) in [6, 6.07) is 11.7. The summed E-state index contributed by atoms with van der Waals surface area (Å²) in [5, 5.41) is 7.79. The van der Waals surface area contributed by atoms with Crippen LogP contribution in [0.5, 0.6) is 5.75 Å². The van der Waals surface area contributed by atoms with E-state index in [-0.39, 0.29) is 18.8 Å². The minimum atomic E-state index is -3.44. The Kier molecular flexibility index (Phi) is 8.19. The number of sulfonamides is 1. The monoisotopic (exact) mass is 434 g/mol. The molecule has 2 aromatic carbocycles. The van der Waals surface area contributed by atoms with Crippen molar-refractivity contribution >= 4 is 27.6 Å². The smallest absolute Gasteiger partial charge is 0.315 e. The van der Waals surface area contributed by atoms with E-state index in [1.54, 1.807) is 36.4 Å². The number of benzene rings is 2. The number of anilines is 1. The zero-order chi connectivity index (χ0) is 22.1. The number of carbonyl (C=O) groups excluding carboxylic acids is 2. The van der Waals surface area contributed by atoms with Gasteiger partial charge >= 0.3 is 6.03 Å². The van der Waals surface area contributed by atoms with Crippen molar-refractivity contribution in [2.45, 2.75) is 19.2 Å². The van der Waals surface area contributed by atoms with Gasteiger partial charge in [0.25, 0.3) is 0 Å². The summed E-state index contributed by atoms with van der Waals surface area (Å²) >= 11 is 0. The van der Waals surface area contributed by atoms with Crippen molar-refractivity contribution in [1.29, 1.82) is 0 Å². The highest BCUT2D eigenvalue weighted by Crippen LogP contribution is 2.24. The molecule has 10 heteroatoms. The molecule has 0 aliphatic heterocycles. The molecular weight excluding hydrogens is 408 g/mol. The van der Waals surface area contributed by atoms with Crippen LogP contribution in [0.15, 0.2) is 42.5 Å². The van der Waals surface area contributed by atoms with Crippen LogP contribution >= 0.6 is 0 Å². The predicted octanol–water partition coefficient (Wildman–Crippen LogP) is 1.49. The highest BCUT2D eigenvalue weighted by molar-refractivity contribution is 7.88. The van der Waals surface area contributed by atoms with Gasteiger partial charge in [0.05, 0.1) is 25.1 Å². The van der Waals surface area contributed by atoms with E-state index in [4.69, 9.17) is 4.74 Å². The zero-order valence-corrected chi connectivity index (χ0v) is 17.9. The number of hydrogen-bond acceptors (Lipinski definition) is 5. The Morgan fingerprint density at radius 3 is 2.40 bits per heavy atom. The van der Waals surface area contributed by atoms with Gasteiger partial charge in [-0.25, -0.2) is 17.9 Å². The lowest BCUT2D eigenvalue weighted by Crippen LogP contribution is -2.39. The minimum absolute atomic E-state index is 0.120. The van der Waals surface area contributed by atoms with Crippen molar-refractivity contribution in [3.63, 3.8) is 0 Å². The molecule has 0 spiro atoms. The van der Waals surface area contributed by atoms with Gasteiger partial charge in [-0.2, -0.15) is 0 Å². The summed E-state index contributed by atoms with van der Waals surface area (Å²) in [6.45, 7) is 1.77. The molecule has 0 aromatic heterocycles. The SMILES string of the molecule is CNS(=O)(=O)Cc1ccccc1CNC(=O)NCC(=O)Nc1cc(C)ccc1OC. The Morgan fingerprint density at radius 1 is 1.03 bits per heavy atom. The van der Waals surface area contributed by atoms with Crippen LogP contribution in [-0.2, 0) is 27.1 Å². The Balaban J connectivity index is 1.87. The van der Waals surface area contributed by atoms with Gasteiger partial charge in [-0.1, -0.05) is 30.3 Å². The van der Waals surface area contributed by atoms with E-state index in [1.165, 1.54) is 14.2 Å². The van der Waals surface area contributed by atoms with E-state index in [0.29, 0.717) is 22.6 Å². The number of nitrogens with one attached hydrogen (secondary N) is 4. The highest BCUT2D eigenvalue weighted by atomic mass is 32.2. The van der Waals surface area contributed by atoms with Crippen molar-refractivity contribution in [3.8, 4) is 5.75 Å². The van der Waals surface area contributed by atoms with E-state index in [1.807, 2.05) is 13.0 Å². The zero-order valence-electron chi connectivity index (χ0n) is 17.1. The highest BCUT2D eigenvalue weighted by Gasteiger charge is 2.13. The average molecular weight is 435 g/mol. The molecule has 2 rings (SSSR count). The molecule has 4 N–H and O–H groups in total. The minimum Gasteiger partial charge on any atom is -0.495 e. The van der Waals surface area contributed by atoms with Crippen LogP contribution in [0, 0.1) is 6.92 Å². The third-order valence-corrected chi connectivity index (χ3v) is 5.57. The number of urea groups is 1. The topological polar surface area (TPSA) is 126 Å². The first kappa shape index (κ1) is 23.2. The summed E-state index contributed by atoms with van der Waals surface area (Å²) in [5.41, 5.74) is 2.72. The number of carbonyl (C=O) groups is 2. The van der Waals surface area contributed by atoms with E-state index in [9.17, 15) is 18.0 Å². The fraction of sp³-hybridized carbons (Fsp3) is 0.300. The van der Waals surface area contributed by atoms with E-state index in [0.717, 1.165) is 5.56 Å². The second kappa shape index (κ2) is 10.6.